The van der Waals surface area contributed by atoms with Gasteiger partial charge in [0.1, 0.15) is 24.4 Å². The van der Waals surface area contributed by atoms with Gasteiger partial charge in [-0.15, -0.1) is 11.3 Å². The summed E-state index contributed by atoms with van der Waals surface area (Å²) in [5.41, 5.74) is 10.3. The van der Waals surface area contributed by atoms with Gasteiger partial charge in [0, 0.05) is 33.0 Å². The zero-order valence-corrected chi connectivity index (χ0v) is 40.4. The molecule has 5 aromatic rings. The fourth-order valence-corrected chi connectivity index (χ4v) is 9.36. The van der Waals surface area contributed by atoms with Crippen LogP contribution in [0.2, 0.25) is 0 Å². The van der Waals surface area contributed by atoms with Crippen molar-refractivity contribution < 1.29 is 23.9 Å². The number of hydrogen-bond donors (Lipinski definition) is 2. The number of amides is 4. The zero-order valence-electron chi connectivity index (χ0n) is 39.6. The largest absolute Gasteiger partial charge is 0.492 e. The molecule has 66 heavy (non-hydrogen) atoms. The number of aromatic nitrogens is 1. The highest BCUT2D eigenvalue weighted by molar-refractivity contribution is 7.13. The number of thiazole rings is 1. The second-order valence-electron chi connectivity index (χ2n) is 18.3. The van der Waals surface area contributed by atoms with Gasteiger partial charge < -0.3 is 25.2 Å². The number of carbonyl (C=O) groups is 4. The number of likely N-dealkylation sites (tertiary alicyclic amines) is 1. The van der Waals surface area contributed by atoms with Crippen molar-refractivity contribution in [2.24, 2.45) is 5.41 Å². The van der Waals surface area contributed by atoms with Gasteiger partial charge in [-0.05, 0) is 95.5 Å². The van der Waals surface area contributed by atoms with Crippen molar-refractivity contribution in [2.75, 3.05) is 26.7 Å². The molecule has 2 N–H and O–H groups in total. The van der Waals surface area contributed by atoms with Crippen molar-refractivity contribution >= 4 is 46.1 Å². The molecule has 2 atom stereocenters. The van der Waals surface area contributed by atoms with Gasteiger partial charge >= 0.3 is 0 Å². The van der Waals surface area contributed by atoms with Crippen LogP contribution < -0.4 is 15.4 Å². The SMILES string of the molecule is CC/C(=C(\c1ccccc1)c1ccc(OCCN(C)C(=O)CCCCCCC(=O)NC(C(=O)N2CCCC2C(=O)NCc2ccc(-c3scnc3C)cc2)C(C)(C)C)cc1)c1ccccc1. The maximum absolute atomic E-state index is 14.0. The molecule has 2 unspecified atom stereocenters. The third-order valence-electron chi connectivity index (χ3n) is 12.3. The van der Waals surface area contributed by atoms with E-state index in [1.807, 2.05) is 81.7 Å². The van der Waals surface area contributed by atoms with Crippen molar-refractivity contribution in [2.45, 2.75) is 111 Å². The van der Waals surface area contributed by atoms with E-state index in [0.717, 1.165) is 65.1 Å². The van der Waals surface area contributed by atoms with E-state index < -0.39 is 17.5 Å². The number of aryl methyl sites for hydroxylation is 1. The summed E-state index contributed by atoms with van der Waals surface area (Å²) in [6.07, 6.45) is 5.91. The Labute approximate surface area is 395 Å². The van der Waals surface area contributed by atoms with Crippen molar-refractivity contribution in [3.05, 3.63) is 143 Å². The van der Waals surface area contributed by atoms with Crippen LogP contribution in [-0.4, -0.2) is 77.2 Å². The van der Waals surface area contributed by atoms with Crippen LogP contribution in [0, 0.1) is 12.3 Å². The first-order valence-electron chi connectivity index (χ1n) is 23.5. The zero-order chi connectivity index (χ0) is 47.1. The van der Waals surface area contributed by atoms with Gasteiger partial charge in [0.15, 0.2) is 0 Å². The second-order valence-corrected chi connectivity index (χ2v) is 19.1. The lowest BCUT2D eigenvalue weighted by atomic mass is 9.85. The van der Waals surface area contributed by atoms with Gasteiger partial charge in [0.05, 0.1) is 22.6 Å². The summed E-state index contributed by atoms with van der Waals surface area (Å²) >= 11 is 1.60. The van der Waals surface area contributed by atoms with Crippen LogP contribution in [-0.2, 0) is 25.7 Å². The van der Waals surface area contributed by atoms with E-state index in [2.05, 4.69) is 83.2 Å². The Bertz CT molecular complexity index is 2390. The predicted octanol–water partition coefficient (Wildman–Crippen LogP) is 10.5. The fourth-order valence-electron chi connectivity index (χ4n) is 8.54. The second kappa shape index (κ2) is 23.9. The van der Waals surface area contributed by atoms with Crippen LogP contribution in [0.25, 0.3) is 21.6 Å². The van der Waals surface area contributed by atoms with Crippen molar-refractivity contribution in [3.63, 3.8) is 0 Å². The summed E-state index contributed by atoms with van der Waals surface area (Å²) in [7, 11) is 1.81. The topological polar surface area (TPSA) is 121 Å². The van der Waals surface area contributed by atoms with Crippen molar-refractivity contribution in [3.8, 4) is 16.2 Å². The first-order valence-corrected chi connectivity index (χ1v) is 24.4. The average molecular weight is 910 g/mol. The molecule has 0 saturated carbocycles. The highest BCUT2D eigenvalue weighted by Crippen LogP contribution is 2.35. The maximum Gasteiger partial charge on any atom is 0.246 e. The van der Waals surface area contributed by atoms with Crippen LogP contribution >= 0.6 is 11.3 Å². The summed E-state index contributed by atoms with van der Waals surface area (Å²) in [4.78, 5) is 62.4. The molecule has 10 nitrogen and oxygen atoms in total. The maximum atomic E-state index is 14.0. The lowest BCUT2D eigenvalue weighted by Gasteiger charge is -2.35. The summed E-state index contributed by atoms with van der Waals surface area (Å²) in [6, 6.07) is 36.0. The van der Waals surface area contributed by atoms with Crippen LogP contribution in [0.3, 0.4) is 0 Å². The Morgan fingerprint density at radius 2 is 1.47 bits per heavy atom. The molecule has 1 aliphatic heterocycles. The fraction of sp³-hybridized carbons (Fsp3) is 0.400. The number of benzene rings is 4. The molecule has 4 amide bonds. The number of allylic oxidation sites excluding steroid dienone is 1. The molecule has 6 rings (SSSR count). The molecule has 348 valence electrons. The number of ether oxygens (including phenoxy) is 1. The first kappa shape index (κ1) is 49.4. The van der Waals surface area contributed by atoms with Gasteiger partial charge in [-0.25, -0.2) is 4.98 Å². The van der Waals surface area contributed by atoms with Crippen LogP contribution in [0.1, 0.15) is 113 Å². The van der Waals surface area contributed by atoms with Gasteiger partial charge in [0.25, 0.3) is 0 Å². The summed E-state index contributed by atoms with van der Waals surface area (Å²) in [5, 5.41) is 6.05. The smallest absolute Gasteiger partial charge is 0.246 e. The number of likely N-dealkylation sites (N-methyl/N-ethyl adjacent to an activating group) is 1. The molecule has 0 spiro atoms. The summed E-state index contributed by atoms with van der Waals surface area (Å²) in [5.74, 6) is 0.231. The van der Waals surface area contributed by atoms with E-state index in [0.29, 0.717) is 45.5 Å². The Hall–Kier alpha value is -6.07. The highest BCUT2D eigenvalue weighted by Gasteiger charge is 2.41. The van der Waals surface area contributed by atoms with E-state index in [9.17, 15) is 19.2 Å². The molecule has 1 aliphatic rings. The first-order chi connectivity index (χ1) is 31.8. The third-order valence-corrected chi connectivity index (χ3v) is 13.3. The van der Waals surface area contributed by atoms with Crippen LogP contribution in [0.5, 0.6) is 5.75 Å². The number of unbranched alkanes of at least 4 members (excludes halogenated alkanes) is 3. The molecule has 0 bridgehead atoms. The average Bonchev–Trinajstić information content (AvgIpc) is 4.00. The van der Waals surface area contributed by atoms with Crippen LogP contribution in [0.4, 0.5) is 0 Å². The van der Waals surface area contributed by atoms with Gasteiger partial charge in [-0.2, -0.15) is 0 Å². The number of nitrogens with one attached hydrogen (secondary N) is 2. The Kier molecular flexibility index (Phi) is 17.9. The molecule has 4 aromatic carbocycles. The minimum Gasteiger partial charge on any atom is -0.492 e. The number of rotatable bonds is 21. The van der Waals surface area contributed by atoms with Gasteiger partial charge in [-0.1, -0.05) is 138 Å². The van der Waals surface area contributed by atoms with E-state index >= 15 is 0 Å². The molecule has 2 heterocycles. The Morgan fingerprint density at radius 1 is 0.833 bits per heavy atom. The molecule has 11 heteroatoms. The number of nitrogens with zero attached hydrogens (tertiary/aromatic N) is 3. The molecular weight excluding hydrogens is 843 g/mol. The highest BCUT2D eigenvalue weighted by atomic mass is 32.1. The molecule has 1 fully saturated rings. The summed E-state index contributed by atoms with van der Waals surface area (Å²) < 4.78 is 6.08. The van der Waals surface area contributed by atoms with Crippen molar-refractivity contribution in [1.82, 2.24) is 25.4 Å². The van der Waals surface area contributed by atoms with Gasteiger partial charge in [0.2, 0.25) is 23.6 Å². The van der Waals surface area contributed by atoms with E-state index in [1.165, 1.54) is 22.3 Å². The quantitative estimate of drug-likeness (QED) is 0.0559. The lowest BCUT2D eigenvalue weighted by molar-refractivity contribution is -0.143. The van der Waals surface area contributed by atoms with Crippen molar-refractivity contribution in [1.29, 1.82) is 0 Å². The van der Waals surface area contributed by atoms with Crippen LogP contribution in [0.15, 0.2) is 115 Å². The predicted molar refractivity (Wildman–Crippen MR) is 267 cm³/mol. The molecule has 0 aliphatic carbocycles. The monoisotopic (exact) mass is 909 g/mol. The molecule has 1 aromatic heterocycles. The Balaban J connectivity index is 0.890. The molecular formula is C55H67N5O5S. The van der Waals surface area contributed by atoms with E-state index in [-0.39, 0.29) is 30.0 Å². The number of carbonyl (C=O) groups excluding carboxylic acids is 4. The van der Waals surface area contributed by atoms with E-state index in [1.54, 1.807) is 28.2 Å². The van der Waals surface area contributed by atoms with E-state index in [4.69, 9.17) is 4.74 Å². The Morgan fingerprint density at radius 3 is 2.09 bits per heavy atom. The molecule has 0 radical (unpaired) electrons. The summed E-state index contributed by atoms with van der Waals surface area (Å²) in [6.45, 7) is 11.7. The third kappa shape index (κ3) is 13.5. The number of hydrogen-bond acceptors (Lipinski definition) is 7. The normalized spacial score (nSPS) is 14.6. The minimum absolute atomic E-state index is 0.0641. The van der Waals surface area contributed by atoms with Gasteiger partial charge in [-0.3, -0.25) is 19.2 Å². The minimum atomic E-state index is -0.763. The lowest BCUT2D eigenvalue weighted by Crippen LogP contribution is -2.57. The standard InChI is InChI=1S/C55H67N5O5S/c1-7-46(41-19-12-10-13-20-41)50(42-21-14-11-15-22-42)43-30-32-45(33-31-43)65-36-35-59(6)49(62)25-17-9-8-16-24-48(61)58-52(55(3,4)5)54(64)60-34-18-23-47(60)53(63)56-37-40-26-28-44(29-27-40)51-39(2)57-38-66-51/h10-15,19-22,26-33,38,47,52H,7-9,16-18,23-25,34-37H2,1-6H3,(H,56,63)(H,58,61)/b50-46-. The molecule has 1 saturated heterocycles.